The number of hydrogen-bond donors (Lipinski definition) is 0. The molecule has 25 heavy (non-hydrogen) atoms. The standard InChI is InChI=1S/C19H32BFO3Si/c1-17(2,3)25(8,9)22-13-14-10-11-15(16(21)12-14)20-23-18(4,5)19(6,7)24-20/h10-12H,13H2,1-9H3. The minimum absolute atomic E-state index is 0.133. The van der Waals surface area contributed by atoms with Crippen molar-refractivity contribution >= 4 is 20.9 Å². The van der Waals surface area contributed by atoms with Gasteiger partial charge in [0.25, 0.3) is 0 Å². The highest BCUT2D eigenvalue weighted by Crippen LogP contribution is 2.38. The predicted octanol–water partition coefficient (Wildman–Crippen LogP) is 4.65. The van der Waals surface area contributed by atoms with Crippen LogP contribution < -0.4 is 5.46 Å². The molecule has 1 aromatic rings. The van der Waals surface area contributed by atoms with Crippen molar-refractivity contribution < 1.29 is 18.1 Å². The molecule has 0 aliphatic carbocycles. The molecule has 0 saturated carbocycles. The van der Waals surface area contributed by atoms with E-state index in [0.717, 1.165) is 5.56 Å². The van der Waals surface area contributed by atoms with Gasteiger partial charge in [0.1, 0.15) is 5.82 Å². The smallest absolute Gasteiger partial charge is 0.413 e. The lowest BCUT2D eigenvalue weighted by Crippen LogP contribution is -2.41. The lowest BCUT2D eigenvalue weighted by atomic mass is 9.78. The van der Waals surface area contributed by atoms with Crippen molar-refractivity contribution in [2.45, 2.75) is 84.4 Å². The van der Waals surface area contributed by atoms with Gasteiger partial charge < -0.3 is 13.7 Å². The van der Waals surface area contributed by atoms with Crippen LogP contribution >= 0.6 is 0 Å². The number of rotatable bonds is 4. The van der Waals surface area contributed by atoms with E-state index in [0.29, 0.717) is 12.1 Å². The summed E-state index contributed by atoms with van der Waals surface area (Å²) in [6.45, 7) is 19.3. The third-order valence-corrected chi connectivity index (χ3v) is 10.5. The summed E-state index contributed by atoms with van der Waals surface area (Å²) in [4.78, 5) is 0. The first-order chi connectivity index (χ1) is 11.2. The Balaban J connectivity index is 2.12. The van der Waals surface area contributed by atoms with E-state index in [9.17, 15) is 4.39 Å². The van der Waals surface area contributed by atoms with Crippen LogP contribution in [0.25, 0.3) is 0 Å². The van der Waals surface area contributed by atoms with Gasteiger partial charge in [-0.25, -0.2) is 4.39 Å². The molecule has 0 atom stereocenters. The molecule has 0 N–H and O–H groups in total. The van der Waals surface area contributed by atoms with Crippen molar-refractivity contribution in [1.29, 1.82) is 0 Å². The average molecular weight is 366 g/mol. The van der Waals surface area contributed by atoms with Crippen molar-refractivity contribution in [2.24, 2.45) is 0 Å². The van der Waals surface area contributed by atoms with Crippen LogP contribution in [0, 0.1) is 5.82 Å². The molecule has 6 heteroatoms. The van der Waals surface area contributed by atoms with Gasteiger partial charge in [-0.3, -0.25) is 0 Å². The summed E-state index contributed by atoms with van der Waals surface area (Å²) in [5.41, 5.74) is 0.319. The molecule has 0 amide bonds. The third kappa shape index (κ3) is 4.18. The molecule has 0 unspecified atom stereocenters. The normalized spacial score (nSPS) is 20.2. The van der Waals surface area contributed by atoms with Crippen LogP contribution in [-0.4, -0.2) is 26.6 Å². The van der Waals surface area contributed by atoms with Crippen molar-refractivity contribution in [3.63, 3.8) is 0 Å². The van der Waals surface area contributed by atoms with Gasteiger partial charge in [0, 0.05) is 5.46 Å². The lowest BCUT2D eigenvalue weighted by molar-refractivity contribution is 0.00578. The molecule has 2 rings (SSSR count). The van der Waals surface area contributed by atoms with Gasteiger partial charge >= 0.3 is 7.12 Å². The molecular formula is C19H32BFO3Si. The molecule has 3 nitrogen and oxygen atoms in total. The maximum absolute atomic E-state index is 14.7. The van der Waals surface area contributed by atoms with Crippen LogP contribution in [0.3, 0.4) is 0 Å². The first-order valence-corrected chi connectivity index (χ1v) is 11.8. The first-order valence-electron chi connectivity index (χ1n) is 8.94. The number of hydrogen-bond acceptors (Lipinski definition) is 3. The van der Waals surface area contributed by atoms with Gasteiger partial charge in [0.05, 0.1) is 17.8 Å². The maximum Gasteiger partial charge on any atom is 0.497 e. The molecule has 1 fully saturated rings. The number of halogens is 1. The van der Waals surface area contributed by atoms with Crippen LogP contribution in [0.4, 0.5) is 4.39 Å². The SMILES string of the molecule is CC1(C)OB(c2ccc(CO[Si](C)(C)C(C)(C)C)cc2F)OC1(C)C. The second-order valence-corrected chi connectivity index (χ2v) is 14.3. The lowest BCUT2D eigenvalue weighted by Gasteiger charge is -2.36. The highest BCUT2D eigenvalue weighted by molar-refractivity contribution is 6.74. The monoisotopic (exact) mass is 366 g/mol. The molecule has 0 radical (unpaired) electrons. The summed E-state index contributed by atoms with van der Waals surface area (Å²) >= 11 is 0. The maximum atomic E-state index is 14.7. The summed E-state index contributed by atoms with van der Waals surface area (Å²) in [5.74, 6) is -0.310. The van der Waals surface area contributed by atoms with Crippen LogP contribution in [-0.2, 0) is 20.3 Å². The molecule has 0 bridgehead atoms. The molecule has 1 aliphatic rings. The fourth-order valence-corrected chi connectivity index (χ4v) is 3.26. The molecular weight excluding hydrogens is 334 g/mol. The Morgan fingerprint density at radius 3 is 2.04 bits per heavy atom. The van der Waals surface area contributed by atoms with Crippen LogP contribution in [0.1, 0.15) is 54.0 Å². The van der Waals surface area contributed by atoms with Gasteiger partial charge in [0.2, 0.25) is 0 Å². The van der Waals surface area contributed by atoms with Gasteiger partial charge in [-0.05, 0) is 57.5 Å². The van der Waals surface area contributed by atoms with Crippen molar-refractivity contribution in [3.05, 3.63) is 29.6 Å². The van der Waals surface area contributed by atoms with E-state index in [1.165, 1.54) is 6.07 Å². The van der Waals surface area contributed by atoms with Crippen molar-refractivity contribution in [3.8, 4) is 0 Å². The Hall–Kier alpha value is -0.688. The molecule has 1 saturated heterocycles. The minimum atomic E-state index is -1.85. The van der Waals surface area contributed by atoms with E-state index < -0.39 is 26.6 Å². The Morgan fingerprint density at radius 2 is 1.60 bits per heavy atom. The number of benzene rings is 1. The predicted molar refractivity (Wildman–Crippen MR) is 104 cm³/mol. The average Bonchev–Trinajstić information content (AvgIpc) is 2.64. The van der Waals surface area contributed by atoms with Crippen molar-refractivity contribution in [2.75, 3.05) is 0 Å². The van der Waals surface area contributed by atoms with E-state index in [4.69, 9.17) is 13.7 Å². The van der Waals surface area contributed by atoms with Gasteiger partial charge in [-0.2, -0.15) is 0 Å². The highest BCUT2D eigenvalue weighted by atomic mass is 28.4. The molecule has 1 aromatic carbocycles. The van der Waals surface area contributed by atoms with Gasteiger partial charge in [-0.15, -0.1) is 0 Å². The largest absolute Gasteiger partial charge is 0.497 e. The summed E-state index contributed by atoms with van der Waals surface area (Å²) < 4.78 is 32.7. The van der Waals surface area contributed by atoms with E-state index in [1.54, 1.807) is 6.07 Å². The van der Waals surface area contributed by atoms with Crippen LogP contribution in [0.2, 0.25) is 18.1 Å². The second-order valence-electron chi connectivity index (χ2n) is 9.49. The first kappa shape index (κ1) is 20.6. The van der Waals surface area contributed by atoms with Gasteiger partial charge in [-0.1, -0.05) is 32.9 Å². The summed E-state index contributed by atoms with van der Waals surface area (Å²) in [5, 5.41) is 0.133. The highest BCUT2D eigenvalue weighted by Gasteiger charge is 2.52. The fourth-order valence-electron chi connectivity index (χ4n) is 2.30. The Kier molecular flexibility index (Phi) is 5.35. The summed E-state index contributed by atoms with van der Waals surface area (Å²) in [6, 6.07) is 5.19. The van der Waals surface area contributed by atoms with E-state index in [2.05, 4.69) is 33.9 Å². The van der Waals surface area contributed by atoms with Crippen LogP contribution in [0.5, 0.6) is 0 Å². The molecule has 1 heterocycles. The van der Waals surface area contributed by atoms with Gasteiger partial charge in [0.15, 0.2) is 8.32 Å². The summed E-state index contributed by atoms with van der Waals surface area (Å²) in [6.07, 6.45) is 0. The quantitative estimate of drug-likeness (QED) is 0.726. The summed E-state index contributed by atoms with van der Waals surface area (Å²) in [7, 11) is -2.53. The zero-order chi connectivity index (χ0) is 19.3. The van der Waals surface area contributed by atoms with Crippen LogP contribution in [0.15, 0.2) is 18.2 Å². The fraction of sp³-hybridized carbons (Fsp3) is 0.684. The Morgan fingerprint density at radius 1 is 1.08 bits per heavy atom. The Bertz CT molecular complexity index is 622. The van der Waals surface area contributed by atoms with Crippen molar-refractivity contribution in [1.82, 2.24) is 0 Å². The molecule has 1 aliphatic heterocycles. The Labute approximate surface area is 153 Å². The van der Waals surface area contributed by atoms with E-state index in [1.807, 2.05) is 33.8 Å². The minimum Gasteiger partial charge on any atom is -0.413 e. The molecule has 140 valence electrons. The topological polar surface area (TPSA) is 27.7 Å². The molecule has 0 aromatic heterocycles. The van der Waals surface area contributed by atoms with E-state index in [-0.39, 0.29) is 10.9 Å². The third-order valence-electron chi connectivity index (χ3n) is 5.98. The zero-order valence-electron chi connectivity index (χ0n) is 17.1. The zero-order valence-corrected chi connectivity index (χ0v) is 18.1. The second kappa shape index (κ2) is 6.48. The molecule has 0 spiro atoms. The van der Waals surface area contributed by atoms with E-state index >= 15 is 0 Å².